The first kappa shape index (κ1) is 43.5. The lowest BCUT2D eigenvalue weighted by Gasteiger charge is -2.38. The molecule has 5 aliphatic rings. The first-order chi connectivity index (χ1) is 31.0. The van der Waals surface area contributed by atoms with Crippen molar-refractivity contribution in [1.82, 2.24) is 41.0 Å². The molecule has 0 bridgehead atoms. The van der Waals surface area contributed by atoms with Crippen molar-refractivity contribution in [1.29, 1.82) is 0 Å². The van der Waals surface area contributed by atoms with Gasteiger partial charge < -0.3 is 51.9 Å². The van der Waals surface area contributed by atoms with E-state index in [0.29, 0.717) is 44.9 Å². The minimum atomic E-state index is -1.40. The molecule has 9 rings (SSSR count). The van der Waals surface area contributed by atoms with Crippen molar-refractivity contribution >= 4 is 57.2 Å². The molecule has 8 atom stereocenters. The molecule has 2 aromatic carbocycles. The van der Waals surface area contributed by atoms with E-state index in [1.165, 1.54) is 4.90 Å². The van der Waals surface area contributed by atoms with Crippen molar-refractivity contribution in [3.63, 3.8) is 0 Å². The number of para-hydroxylation sites is 2. The Balaban J connectivity index is 1.12. The zero-order valence-electron chi connectivity index (χ0n) is 36.3. The van der Waals surface area contributed by atoms with E-state index in [2.05, 4.69) is 31.2 Å². The third-order valence-corrected chi connectivity index (χ3v) is 14.8. The summed E-state index contributed by atoms with van der Waals surface area (Å²) in [6, 6.07) is 9.92. The number of rotatable bonds is 8. The van der Waals surface area contributed by atoms with Crippen molar-refractivity contribution in [3.8, 4) is 0 Å². The van der Waals surface area contributed by atoms with Gasteiger partial charge in [0.15, 0.2) is 0 Å². The van der Waals surface area contributed by atoms with Gasteiger partial charge in [0.1, 0.15) is 35.7 Å². The third-order valence-electron chi connectivity index (χ3n) is 14.8. The fourth-order valence-corrected chi connectivity index (χ4v) is 11.4. The summed E-state index contributed by atoms with van der Waals surface area (Å²) in [6.07, 6.45) is 9.73. The zero-order chi connectivity index (χ0) is 44.5. The average Bonchev–Trinajstić information content (AvgIpc) is 4.17. The SMILES string of the molecule is NCC(O)CC[C@@H]1NC(=O)[C@H](Cc2c[nH]c3ccccc23)NC(=O)C2(CCCC2)NC(=O)[C@H](Cc2c[nH]c3ccccc23)NC(=O)[C@H]2C[C@H]3CCCC[C@H]3N2C(=O)[C@H]2CCCN2C1=O. The fraction of sp³-hybridized carbons (Fsp3) is 0.542. The van der Waals surface area contributed by atoms with E-state index in [4.69, 9.17) is 5.73 Å². The van der Waals surface area contributed by atoms with Crippen molar-refractivity contribution in [2.45, 2.75) is 144 Å². The maximum absolute atomic E-state index is 15.1. The zero-order valence-corrected chi connectivity index (χ0v) is 36.3. The summed E-state index contributed by atoms with van der Waals surface area (Å²) in [5, 5.41) is 24.5. The van der Waals surface area contributed by atoms with Gasteiger partial charge >= 0.3 is 0 Å². The molecule has 6 amide bonds. The molecule has 340 valence electrons. The fourth-order valence-electron chi connectivity index (χ4n) is 11.4. The van der Waals surface area contributed by atoms with Crippen LogP contribution in [0.4, 0.5) is 0 Å². The molecule has 2 aliphatic carbocycles. The normalized spacial score (nSPS) is 28.6. The standard InChI is InChI=1S/C48H61N9O7/c49-25-31(58)17-18-36-45(62)56-21-9-16-40(56)46(63)57-39-15-6-1-10-28(39)24-41(57)44(61)53-38(23-30-27-51-35-14-5-3-12-33(30)35)43(60)55-48(19-7-8-20-48)47(64)54-37(42(59)52-36)22-29-26-50-34-13-4-2-11-32(29)34/h2-5,11-14,26-28,31,36-41,50-51,58H,1,6-10,15-25,49H2,(H,52,59)(H,53,61)(H,54,64)(H,55,60)/t28-,31?,36+,37+,38+,39-,40-,41-/m1/s1. The van der Waals surface area contributed by atoms with E-state index in [1.807, 2.05) is 54.7 Å². The van der Waals surface area contributed by atoms with Crippen LogP contribution in [0.25, 0.3) is 21.8 Å². The van der Waals surface area contributed by atoms with Gasteiger partial charge in [-0.05, 0) is 87.0 Å². The van der Waals surface area contributed by atoms with Gasteiger partial charge in [0.25, 0.3) is 0 Å². The average molecular weight is 876 g/mol. The Morgan fingerprint density at radius 2 is 1.31 bits per heavy atom. The van der Waals surface area contributed by atoms with Gasteiger partial charge in [0.05, 0.1) is 6.10 Å². The van der Waals surface area contributed by atoms with Gasteiger partial charge in [-0.1, -0.05) is 62.1 Å². The number of nitrogens with zero attached hydrogens (tertiary/aromatic N) is 2. The topological polar surface area (TPSA) is 235 Å². The lowest BCUT2D eigenvalue weighted by atomic mass is 9.84. The van der Waals surface area contributed by atoms with Gasteiger partial charge in [0.2, 0.25) is 35.4 Å². The van der Waals surface area contributed by atoms with Crippen LogP contribution >= 0.6 is 0 Å². The molecule has 2 saturated carbocycles. The molecule has 0 radical (unpaired) electrons. The molecule has 16 heteroatoms. The van der Waals surface area contributed by atoms with E-state index < -0.39 is 71.4 Å². The van der Waals surface area contributed by atoms with Crippen LogP contribution in [0.2, 0.25) is 0 Å². The first-order valence-electron chi connectivity index (χ1n) is 23.4. The predicted octanol–water partition coefficient (Wildman–Crippen LogP) is 2.58. The van der Waals surface area contributed by atoms with Gasteiger partial charge in [-0.15, -0.1) is 0 Å². The predicted molar refractivity (Wildman–Crippen MR) is 239 cm³/mol. The molecule has 64 heavy (non-hydrogen) atoms. The van der Waals surface area contributed by atoms with E-state index in [-0.39, 0.29) is 56.6 Å². The number of aliphatic hydroxyl groups is 1. The molecular formula is C48H61N9O7. The summed E-state index contributed by atoms with van der Waals surface area (Å²) < 4.78 is 0. The molecule has 4 aromatic rings. The van der Waals surface area contributed by atoms with Crippen LogP contribution in [0.15, 0.2) is 60.9 Å². The maximum Gasteiger partial charge on any atom is 0.246 e. The first-order valence-corrected chi connectivity index (χ1v) is 23.4. The van der Waals surface area contributed by atoms with E-state index in [1.54, 1.807) is 11.1 Å². The number of aromatic amines is 2. The van der Waals surface area contributed by atoms with E-state index in [0.717, 1.165) is 58.6 Å². The van der Waals surface area contributed by atoms with Crippen LogP contribution in [-0.2, 0) is 41.6 Å². The number of aliphatic hydroxyl groups excluding tert-OH is 1. The number of nitrogens with one attached hydrogen (secondary N) is 6. The number of fused-ring (bicyclic) bond motifs is 6. The Morgan fingerprint density at radius 3 is 1.98 bits per heavy atom. The highest BCUT2D eigenvalue weighted by atomic mass is 16.3. The molecule has 1 spiro atoms. The molecule has 3 saturated heterocycles. The number of nitrogens with two attached hydrogens (primary N) is 1. The number of carbonyl (C=O) groups is 6. The number of benzene rings is 2. The molecule has 1 unspecified atom stereocenters. The van der Waals surface area contributed by atoms with Crippen molar-refractivity contribution < 1.29 is 33.9 Å². The number of hydrogen-bond donors (Lipinski definition) is 8. The Morgan fingerprint density at radius 1 is 0.688 bits per heavy atom. The number of aromatic nitrogens is 2. The lowest BCUT2D eigenvalue weighted by Crippen LogP contribution is -2.65. The molecule has 2 aromatic heterocycles. The number of H-pyrrole nitrogens is 2. The van der Waals surface area contributed by atoms with Crippen LogP contribution < -0.4 is 27.0 Å². The second-order valence-corrected chi connectivity index (χ2v) is 18.8. The maximum atomic E-state index is 15.1. The number of amides is 6. The lowest BCUT2D eigenvalue weighted by molar-refractivity contribution is -0.150. The van der Waals surface area contributed by atoms with Crippen molar-refractivity contribution in [2.24, 2.45) is 11.7 Å². The van der Waals surface area contributed by atoms with E-state index >= 15 is 4.79 Å². The summed E-state index contributed by atoms with van der Waals surface area (Å²) >= 11 is 0. The van der Waals surface area contributed by atoms with Gasteiger partial charge in [0, 0.05) is 66.2 Å². The second-order valence-electron chi connectivity index (χ2n) is 18.8. The number of hydrogen-bond acceptors (Lipinski definition) is 8. The van der Waals surface area contributed by atoms with Crippen LogP contribution in [-0.4, -0.2) is 121 Å². The van der Waals surface area contributed by atoms with Gasteiger partial charge in [-0.25, -0.2) is 0 Å². The summed E-state index contributed by atoms with van der Waals surface area (Å²) in [5.41, 5.74) is 7.67. The monoisotopic (exact) mass is 875 g/mol. The highest BCUT2D eigenvalue weighted by Gasteiger charge is 2.52. The molecule has 9 N–H and O–H groups in total. The van der Waals surface area contributed by atoms with Gasteiger partial charge in [-0.2, -0.15) is 0 Å². The highest BCUT2D eigenvalue weighted by Crippen LogP contribution is 2.41. The summed E-state index contributed by atoms with van der Waals surface area (Å²) in [4.78, 5) is 99.2. The van der Waals surface area contributed by atoms with Crippen LogP contribution in [0.1, 0.15) is 94.6 Å². The molecule has 5 fully saturated rings. The summed E-state index contributed by atoms with van der Waals surface area (Å²) in [5.74, 6) is -2.81. The van der Waals surface area contributed by atoms with E-state index in [9.17, 15) is 29.1 Å². The molecule has 3 aliphatic heterocycles. The Kier molecular flexibility index (Phi) is 12.5. The van der Waals surface area contributed by atoms with Gasteiger partial charge in [-0.3, -0.25) is 28.8 Å². The number of carbonyl (C=O) groups excluding carboxylic acids is 6. The van der Waals surface area contributed by atoms with Crippen LogP contribution in [0, 0.1) is 5.92 Å². The Labute approximate surface area is 372 Å². The minimum Gasteiger partial charge on any atom is -0.392 e. The Hall–Kier alpha value is -5.74. The quantitative estimate of drug-likeness (QED) is 0.131. The largest absolute Gasteiger partial charge is 0.392 e. The molecule has 16 nitrogen and oxygen atoms in total. The molecule has 5 heterocycles. The third kappa shape index (κ3) is 8.49. The molecular weight excluding hydrogens is 815 g/mol. The smallest absolute Gasteiger partial charge is 0.246 e. The van der Waals surface area contributed by atoms with Crippen molar-refractivity contribution in [2.75, 3.05) is 13.1 Å². The summed E-state index contributed by atoms with van der Waals surface area (Å²) in [7, 11) is 0. The summed E-state index contributed by atoms with van der Waals surface area (Å²) in [6.45, 7) is 0.223. The highest BCUT2D eigenvalue weighted by molar-refractivity contribution is 6.00. The van der Waals surface area contributed by atoms with Crippen molar-refractivity contribution in [3.05, 3.63) is 72.1 Å². The Bertz CT molecular complexity index is 2410. The minimum absolute atomic E-state index is 0.0331. The van der Waals surface area contributed by atoms with Crippen LogP contribution in [0.3, 0.4) is 0 Å². The second kappa shape index (κ2) is 18.4. The van der Waals surface area contributed by atoms with Crippen LogP contribution in [0.5, 0.6) is 0 Å².